The molecule has 2 N–H and O–H groups in total. The Labute approximate surface area is 72.0 Å². The average molecular weight is 163 g/mol. The van der Waals surface area contributed by atoms with Crippen molar-refractivity contribution in [3.05, 3.63) is 24.3 Å². The summed E-state index contributed by atoms with van der Waals surface area (Å²) in [6.45, 7) is 4.33. The molecular weight excluding hydrogens is 150 g/mol. The van der Waals surface area contributed by atoms with Gasteiger partial charge in [-0.3, -0.25) is 0 Å². The lowest BCUT2D eigenvalue weighted by Gasteiger charge is -2.13. The van der Waals surface area contributed by atoms with Gasteiger partial charge in [-0.25, -0.2) is 9.97 Å². The fourth-order valence-electron chi connectivity index (χ4n) is 1.68. The second-order valence-corrected chi connectivity index (χ2v) is 4.16. The van der Waals surface area contributed by atoms with Gasteiger partial charge >= 0.3 is 0 Å². The van der Waals surface area contributed by atoms with E-state index in [2.05, 4.69) is 23.8 Å². The van der Waals surface area contributed by atoms with Gasteiger partial charge < -0.3 is 5.73 Å². The second kappa shape index (κ2) is 2.04. The molecule has 1 aliphatic carbocycles. The second-order valence-electron chi connectivity index (χ2n) is 4.16. The highest BCUT2D eigenvalue weighted by atomic mass is 14.9. The Morgan fingerprint density at radius 2 is 1.83 bits per heavy atom. The maximum absolute atomic E-state index is 6.17. The van der Waals surface area contributed by atoms with Crippen molar-refractivity contribution in [2.75, 3.05) is 0 Å². The van der Waals surface area contributed by atoms with Crippen molar-refractivity contribution < 1.29 is 0 Å². The van der Waals surface area contributed by atoms with Gasteiger partial charge in [0.1, 0.15) is 6.33 Å². The van der Waals surface area contributed by atoms with Gasteiger partial charge in [-0.1, -0.05) is 13.8 Å². The number of hydrogen-bond acceptors (Lipinski definition) is 3. The zero-order valence-electron chi connectivity index (χ0n) is 7.41. The van der Waals surface area contributed by atoms with Crippen molar-refractivity contribution in [1.82, 2.24) is 9.97 Å². The van der Waals surface area contributed by atoms with Crippen LogP contribution >= 0.6 is 0 Å². The lowest BCUT2D eigenvalue weighted by Crippen LogP contribution is -2.25. The number of hydrogen-bond donors (Lipinski definition) is 1. The zero-order valence-corrected chi connectivity index (χ0v) is 7.41. The first kappa shape index (κ1) is 7.68. The van der Waals surface area contributed by atoms with Gasteiger partial charge in [0.2, 0.25) is 0 Å². The molecule has 1 unspecified atom stereocenters. The molecule has 0 saturated heterocycles. The smallest absolute Gasteiger partial charge is 0.115 e. The minimum Gasteiger partial charge on any atom is -0.321 e. The Kier molecular flexibility index (Phi) is 1.31. The Balaban J connectivity index is 2.35. The molecule has 1 aliphatic rings. The van der Waals surface area contributed by atoms with E-state index in [0.717, 1.165) is 12.0 Å². The third-order valence-electron chi connectivity index (χ3n) is 2.88. The summed E-state index contributed by atoms with van der Waals surface area (Å²) < 4.78 is 0. The monoisotopic (exact) mass is 163 g/mol. The lowest BCUT2D eigenvalue weighted by atomic mass is 10.00. The largest absolute Gasteiger partial charge is 0.321 e. The minimum atomic E-state index is -0.186. The molecule has 3 heteroatoms. The van der Waals surface area contributed by atoms with Crippen LogP contribution in [-0.2, 0) is 5.54 Å². The van der Waals surface area contributed by atoms with Gasteiger partial charge in [0.25, 0.3) is 0 Å². The summed E-state index contributed by atoms with van der Waals surface area (Å²) in [5, 5.41) is 0. The van der Waals surface area contributed by atoms with Crippen molar-refractivity contribution in [2.45, 2.75) is 25.8 Å². The van der Waals surface area contributed by atoms with Crippen LogP contribution in [0.25, 0.3) is 0 Å². The fourth-order valence-corrected chi connectivity index (χ4v) is 1.68. The number of nitrogens with zero attached hydrogens (tertiary/aromatic N) is 2. The third kappa shape index (κ3) is 0.862. The Morgan fingerprint density at radius 3 is 2.25 bits per heavy atom. The topological polar surface area (TPSA) is 51.8 Å². The highest BCUT2D eigenvalue weighted by Crippen LogP contribution is 2.59. The van der Waals surface area contributed by atoms with E-state index in [0.29, 0.717) is 0 Å². The molecule has 3 nitrogen and oxygen atoms in total. The molecule has 12 heavy (non-hydrogen) atoms. The standard InChI is InChI=1S/C9H13N3/c1-8(2)5-9(8,10)7-3-11-6-12-4-7/h3-4,6H,5,10H2,1-2H3. The molecule has 0 radical (unpaired) electrons. The summed E-state index contributed by atoms with van der Waals surface area (Å²) in [6, 6.07) is 0. The van der Waals surface area contributed by atoms with Gasteiger partial charge in [-0.15, -0.1) is 0 Å². The molecular formula is C9H13N3. The van der Waals surface area contributed by atoms with E-state index in [4.69, 9.17) is 5.73 Å². The van der Waals surface area contributed by atoms with Crippen molar-refractivity contribution in [1.29, 1.82) is 0 Å². The predicted molar refractivity (Wildman–Crippen MR) is 46.3 cm³/mol. The van der Waals surface area contributed by atoms with Gasteiger partial charge in [0.15, 0.2) is 0 Å². The van der Waals surface area contributed by atoms with E-state index in [1.165, 1.54) is 6.33 Å². The molecule has 1 atom stereocenters. The molecule has 0 amide bonds. The van der Waals surface area contributed by atoms with Crippen molar-refractivity contribution in [2.24, 2.45) is 11.1 Å². The lowest BCUT2D eigenvalue weighted by molar-refractivity contribution is 0.507. The van der Waals surface area contributed by atoms with Crippen LogP contribution in [0.5, 0.6) is 0 Å². The van der Waals surface area contributed by atoms with Crippen LogP contribution in [0.1, 0.15) is 25.8 Å². The number of rotatable bonds is 1. The van der Waals surface area contributed by atoms with Gasteiger partial charge in [-0.2, -0.15) is 0 Å². The Bertz CT molecular complexity index is 294. The summed E-state index contributed by atoms with van der Waals surface area (Å²) in [6.07, 6.45) is 6.17. The number of aromatic nitrogens is 2. The summed E-state index contributed by atoms with van der Waals surface area (Å²) in [7, 11) is 0. The zero-order chi connectivity index (χ0) is 8.82. The van der Waals surface area contributed by atoms with E-state index >= 15 is 0 Å². The molecule has 1 saturated carbocycles. The predicted octanol–water partition coefficient (Wildman–Crippen LogP) is 1.06. The minimum absolute atomic E-state index is 0.186. The van der Waals surface area contributed by atoms with Crippen LogP contribution < -0.4 is 5.73 Å². The summed E-state index contributed by atoms with van der Waals surface area (Å²) in [5.41, 5.74) is 7.24. The molecule has 2 rings (SSSR count). The van der Waals surface area contributed by atoms with Crippen LogP contribution in [0.2, 0.25) is 0 Å². The van der Waals surface area contributed by atoms with E-state index < -0.39 is 0 Å². The first-order chi connectivity index (χ1) is 5.56. The van der Waals surface area contributed by atoms with Crippen LogP contribution in [0.4, 0.5) is 0 Å². The van der Waals surface area contributed by atoms with E-state index in [9.17, 15) is 0 Å². The van der Waals surface area contributed by atoms with Crippen LogP contribution in [-0.4, -0.2) is 9.97 Å². The highest BCUT2D eigenvalue weighted by molar-refractivity contribution is 5.30. The molecule has 1 aromatic heterocycles. The van der Waals surface area contributed by atoms with Crippen molar-refractivity contribution >= 4 is 0 Å². The molecule has 0 spiro atoms. The SMILES string of the molecule is CC1(C)CC1(N)c1cncnc1. The van der Waals surface area contributed by atoms with Gasteiger partial charge in [0, 0.05) is 23.5 Å². The van der Waals surface area contributed by atoms with Crippen LogP contribution in [0, 0.1) is 5.41 Å². The first-order valence-electron chi connectivity index (χ1n) is 4.11. The normalized spacial score (nSPS) is 31.6. The molecule has 64 valence electrons. The maximum atomic E-state index is 6.17. The van der Waals surface area contributed by atoms with E-state index in [1.807, 2.05) is 12.4 Å². The molecule has 0 aromatic carbocycles. The van der Waals surface area contributed by atoms with E-state index in [1.54, 1.807) is 0 Å². The third-order valence-corrected chi connectivity index (χ3v) is 2.88. The summed E-state index contributed by atoms with van der Waals surface area (Å²) >= 11 is 0. The van der Waals surface area contributed by atoms with Crippen LogP contribution in [0.3, 0.4) is 0 Å². The quantitative estimate of drug-likeness (QED) is 0.673. The van der Waals surface area contributed by atoms with Crippen LogP contribution in [0.15, 0.2) is 18.7 Å². The maximum Gasteiger partial charge on any atom is 0.115 e. The molecule has 1 heterocycles. The molecule has 1 fully saturated rings. The fraction of sp³-hybridized carbons (Fsp3) is 0.556. The van der Waals surface area contributed by atoms with E-state index in [-0.39, 0.29) is 11.0 Å². The van der Waals surface area contributed by atoms with Gasteiger partial charge in [0.05, 0.1) is 0 Å². The Hall–Kier alpha value is -0.960. The Morgan fingerprint density at radius 1 is 1.33 bits per heavy atom. The van der Waals surface area contributed by atoms with Crippen molar-refractivity contribution in [3.63, 3.8) is 0 Å². The summed E-state index contributed by atoms with van der Waals surface area (Å²) in [5.74, 6) is 0. The summed E-state index contributed by atoms with van der Waals surface area (Å²) in [4.78, 5) is 7.93. The molecule has 0 aliphatic heterocycles. The van der Waals surface area contributed by atoms with Crippen molar-refractivity contribution in [3.8, 4) is 0 Å². The van der Waals surface area contributed by atoms with Gasteiger partial charge in [-0.05, 0) is 11.8 Å². The number of nitrogens with two attached hydrogens (primary N) is 1. The molecule has 0 bridgehead atoms. The average Bonchev–Trinajstić information content (AvgIpc) is 2.55. The highest BCUT2D eigenvalue weighted by Gasteiger charge is 2.59. The molecule has 1 aromatic rings. The first-order valence-corrected chi connectivity index (χ1v) is 4.11.